The van der Waals surface area contributed by atoms with Gasteiger partial charge in [0.1, 0.15) is 0 Å². The molecule has 0 amide bonds. The molecule has 0 aliphatic carbocycles. The van der Waals surface area contributed by atoms with Crippen molar-refractivity contribution in [2.75, 3.05) is 7.11 Å². The molecule has 0 fully saturated rings. The fourth-order valence-corrected chi connectivity index (χ4v) is 2.21. The van der Waals surface area contributed by atoms with Crippen LogP contribution in [0.3, 0.4) is 0 Å². The summed E-state index contributed by atoms with van der Waals surface area (Å²) in [6.07, 6.45) is 0. The van der Waals surface area contributed by atoms with Crippen LogP contribution in [0, 0.1) is 5.82 Å². The molecule has 2 nitrogen and oxygen atoms in total. The number of hydrogen-bond acceptors (Lipinski definition) is 2. The van der Waals surface area contributed by atoms with Crippen LogP contribution in [-0.2, 0) is 0 Å². The Kier molecular flexibility index (Phi) is 4.45. The average molecular weight is 345 g/mol. The molecule has 2 aromatic carbocycles. The van der Waals surface area contributed by atoms with E-state index in [1.165, 1.54) is 13.2 Å². The zero-order valence-electron chi connectivity index (χ0n) is 10.2. The molecule has 100 valence electrons. The number of halogens is 3. The third-order valence-electron chi connectivity index (χ3n) is 2.84. The Bertz CT molecular complexity index is 606. The highest BCUT2D eigenvalue weighted by molar-refractivity contribution is 9.10. The van der Waals surface area contributed by atoms with Gasteiger partial charge in [-0.1, -0.05) is 23.7 Å². The summed E-state index contributed by atoms with van der Waals surface area (Å²) in [5.74, 6) is -0.233. The van der Waals surface area contributed by atoms with E-state index < -0.39 is 11.9 Å². The Labute approximate surface area is 124 Å². The lowest BCUT2D eigenvalue weighted by molar-refractivity contribution is 0.386. The van der Waals surface area contributed by atoms with Crippen molar-refractivity contribution in [3.63, 3.8) is 0 Å². The lowest BCUT2D eigenvalue weighted by atomic mass is 9.99. The van der Waals surface area contributed by atoms with Crippen LogP contribution in [0.15, 0.2) is 40.9 Å². The number of rotatable bonds is 3. The van der Waals surface area contributed by atoms with E-state index >= 15 is 0 Å². The normalized spacial score (nSPS) is 12.3. The van der Waals surface area contributed by atoms with Gasteiger partial charge in [0.25, 0.3) is 0 Å². The molecule has 19 heavy (non-hydrogen) atoms. The SMILES string of the molecule is COc1ccc(C(N)c2ccc(Br)c(Cl)c2)cc1F. The van der Waals surface area contributed by atoms with Crippen LogP contribution < -0.4 is 10.5 Å². The summed E-state index contributed by atoms with van der Waals surface area (Å²) in [7, 11) is 1.42. The summed E-state index contributed by atoms with van der Waals surface area (Å²) in [4.78, 5) is 0. The van der Waals surface area contributed by atoms with Crippen LogP contribution in [0.4, 0.5) is 4.39 Å². The minimum atomic E-state index is -0.439. The Balaban J connectivity index is 2.35. The molecule has 0 aromatic heterocycles. The summed E-state index contributed by atoms with van der Waals surface area (Å²) in [5.41, 5.74) is 7.60. The van der Waals surface area contributed by atoms with Gasteiger partial charge < -0.3 is 10.5 Å². The van der Waals surface area contributed by atoms with Gasteiger partial charge >= 0.3 is 0 Å². The molecule has 5 heteroatoms. The van der Waals surface area contributed by atoms with Crippen LogP contribution >= 0.6 is 27.5 Å². The quantitative estimate of drug-likeness (QED) is 0.901. The predicted molar refractivity (Wildman–Crippen MR) is 78.1 cm³/mol. The van der Waals surface area contributed by atoms with Crippen molar-refractivity contribution < 1.29 is 9.13 Å². The molecule has 0 saturated heterocycles. The monoisotopic (exact) mass is 343 g/mol. The van der Waals surface area contributed by atoms with Crippen molar-refractivity contribution in [2.24, 2.45) is 5.73 Å². The molecule has 0 bridgehead atoms. The van der Waals surface area contributed by atoms with Gasteiger partial charge in [0.2, 0.25) is 0 Å². The van der Waals surface area contributed by atoms with Gasteiger partial charge in [0.05, 0.1) is 18.2 Å². The Hall–Kier alpha value is -1.10. The maximum atomic E-state index is 13.7. The molecule has 0 aliphatic rings. The van der Waals surface area contributed by atoms with Crippen LogP contribution in [0.2, 0.25) is 5.02 Å². The van der Waals surface area contributed by atoms with Crippen LogP contribution in [0.5, 0.6) is 5.75 Å². The van der Waals surface area contributed by atoms with E-state index in [2.05, 4.69) is 15.9 Å². The van der Waals surface area contributed by atoms with E-state index in [4.69, 9.17) is 22.1 Å². The largest absolute Gasteiger partial charge is 0.494 e. The summed E-state index contributed by atoms with van der Waals surface area (Å²) in [5, 5.41) is 0.571. The van der Waals surface area contributed by atoms with Crippen molar-refractivity contribution in [2.45, 2.75) is 6.04 Å². The second kappa shape index (κ2) is 5.90. The Morgan fingerprint density at radius 3 is 2.42 bits per heavy atom. The summed E-state index contributed by atoms with van der Waals surface area (Å²) in [6.45, 7) is 0. The molecule has 0 spiro atoms. The van der Waals surface area contributed by atoms with E-state index in [0.29, 0.717) is 10.6 Å². The zero-order valence-corrected chi connectivity index (χ0v) is 12.5. The first kappa shape index (κ1) is 14.3. The molecular weight excluding hydrogens is 333 g/mol. The molecular formula is C14H12BrClFNO. The van der Waals surface area contributed by atoms with E-state index in [1.54, 1.807) is 18.2 Å². The third-order valence-corrected chi connectivity index (χ3v) is 4.07. The van der Waals surface area contributed by atoms with Gasteiger partial charge in [-0.15, -0.1) is 0 Å². The fraction of sp³-hybridized carbons (Fsp3) is 0.143. The second-order valence-electron chi connectivity index (χ2n) is 4.05. The number of benzene rings is 2. The number of ether oxygens (including phenoxy) is 1. The maximum Gasteiger partial charge on any atom is 0.165 e. The molecule has 0 heterocycles. The molecule has 1 unspecified atom stereocenters. The highest BCUT2D eigenvalue weighted by atomic mass is 79.9. The van der Waals surface area contributed by atoms with Crippen molar-refractivity contribution in [3.8, 4) is 5.75 Å². The Morgan fingerprint density at radius 2 is 1.84 bits per heavy atom. The Morgan fingerprint density at radius 1 is 1.21 bits per heavy atom. The summed E-state index contributed by atoms with van der Waals surface area (Å²) >= 11 is 9.34. The molecule has 2 aromatic rings. The minimum Gasteiger partial charge on any atom is -0.494 e. The van der Waals surface area contributed by atoms with Crippen molar-refractivity contribution in [1.82, 2.24) is 0 Å². The average Bonchev–Trinajstić information content (AvgIpc) is 2.41. The third kappa shape index (κ3) is 3.08. The summed E-state index contributed by atoms with van der Waals surface area (Å²) < 4.78 is 19.3. The first-order valence-corrected chi connectivity index (χ1v) is 6.74. The van der Waals surface area contributed by atoms with Gasteiger partial charge in [0.15, 0.2) is 11.6 Å². The molecule has 2 rings (SSSR count). The lowest BCUT2D eigenvalue weighted by Gasteiger charge is -2.14. The first-order chi connectivity index (χ1) is 9.02. The van der Waals surface area contributed by atoms with E-state index in [9.17, 15) is 4.39 Å². The smallest absolute Gasteiger partial charge is 0.165 e. The van der Waals surface area contributed by atoms with Crippen molar-refractivity contribution in [1.29, 1.82) is 0 Å². The number of hydrogen-bond donors (Lipinski definition) is 1. The maximum absolute atomic E-state index is 13.7. The standard InChI is InChI=1S/C14H12BrClFNO/c1-19-13-5-3-9(7-12(13)17)14(18)8-2-4-10(15)11(16)6-8/h2-7,14H,18H2,1H3. The van der Waals surface area contributed by atoms with Crippen molar-refractivity contribution in [3.05, 3.63) is 62.8 Å². The molecule has 0 radical (unpaired) electrons. The van der Waals surface area contributed by atoms with Gasteiger partial charge in [-0.05, 0) is 51.3 Å². The topological polar surface area (TPSA) is 35.2 Å². The first-order valence-electron chi connectivity index (χ1n) is 5.57. The highest BCUT2D eigenvalue weighted by Crippen LogP contribution is 2.29. The van der Waals surface area contributed by atoms with E-state index in [0.717, 1.165) is 10.0 Å². The highest BCUT2D eigenvalue weighted by Gasteiger charge is 2.13. The van der Waals surface area contributed by atoms with E-state index in [-0.39, 0.29) is 5.75 Å². The zero-order chi connectivity index (χ0) is 14.0. The lowest BCUT2D eigenvalue weighted by Crippen LogP contribution is -2.12. The van der Waals surface area contributed by atoms with Crippen LogP contribution in [-0.4, -0.2) is 7.11 Å². The van der Waals surface area contributed by atoms with Gasteiger partial charge in [-0.25, -0.2) is 4.39 Å². The van der Waals surface area contributed by atoms with Gasteiger partial charge in [-0.2, -0.15) is 0 Å². The van der Waals surface area contributed by atoms with Gasteiger partial charge in [0, 0.05) is 4.47 Å². The fourth-order valence-electron chi connectivity index (χ4n) is 1.77. The molecule has 0 saturated carbocycles. The minimum absolute atomic E-state index is 0.199. The number of methoxy groups -OCH3 is 1. The second-order valence-corrected chi connectivity index (χ2v) is 5.31. The van der Waals surface area contributed by atoms with Crippen LogP contribution in [0.25, 0.3) is 0 Å². The molecule has 2 N–H and O–H groups in total. The number of nitrogens with two attached hydrogens (primary N) is 1. The van der Waals surface area contributed by atoms with Crippen molar-refractivity contribution >= 4 is 27.5 Å². The molecule has 1 atom stereocenters. The predicted octanol–water partition coefficient (Wildman–Crippen LogP) is 4.30. The summed E-state index contributed by atoms with van der Waals surface area (Å²) in [6, 6.07) is 9.66. The molecule has 0 aliphatic heterocycles. The van der Waals surface area contributed by atoms with Gasteiger partial charge in [-0.3, -0.25) is 0 Å². The van der Waals surface area contributed by atoms with E-state index in [1.807, 2.05) is 12.1 Å². The van der Waals surface area contributed by atoms with Crippen LogP contribution in [0.1, 0.15) is 17.2 Å².